The van der Waals surface area contributed by atoms with Gasteiger partial charge in [-0.2, -0.15) is 0 Å². The first kappa shape index (κ1) is 17.7. The van der Waals surface area contributed by atoms with Crippen molar-refractivity contribution < 1.29 is 9.72 Å². The monoisotopic (exact) mass is 354 g/mol. The van der Waals surface area contributed by atoms with E-state index in [0.29, 0.717) is 18.8 Å². The van der Waals surface area contributed by atoms with Gasteiger partial charge in [0.25, 0.3) is 5.69 Å². The van der Waals surface area contributed by atoms with E-state index in [4.69, 9.17) is 0 Å². The van der Waals surface area contributed by atoms with E-state index >= 15 is 0 Å². The van der Waals surface area contributed by atoms with Crippen molar-refractivity contribution in [2.45, 2.75) is 6.92 Å². The molecule has 2 aromatic carbocycles. The lowest BCUT2D eigenvalue weighted by atomic mass is 10.2. The molecule has 0 unspecified atom stereocenters. The summed E-state index contributed by atoms with van der Waals surface area (Å²) in [4.78, 5) is 27.0. The smallest absolute Gasteiger partial charge is 0.271 e. The van der Waals surface area contributed by atoms with Crippen LogP contribution in [0.1, 0.15) is 5.56 Å². The molecule has 1 aliphatic heterocycles. The molecule has 136 valence electrons. The number of non-ortho nitro benzene ring substituents is 1. The number of nitro benzene ring substituents is 1. The number of nitro groups is 1. The highest BCUT2D eigenvalue weighted by atomic mass is 16.6. The lowest BCUT2D eigenvalue weighted by Crippen LogP contribution is -2.50. The Kier molecular flexibility index (Phi) is 5.36. The Bertz CT molecular complexity index is 787. The predicted octanol–water partition coefficient (Wildman–Crippen LogP) is 2.66. The van der Waals surface area contributed by atoms with Gasteiger partial charge in [0.2, 0.25) is 5.91 Å². The van der Waals surface area contributed by atoms with Crippen LogP contribution < -0.4 is 10.2 Å². The zero-order chi connectivity index (χ0) is 18.5. The summed E-state index contributed by atoms with van der Waals surface area (Å²) in [5, 5.41) is 13.9. The molecular weight excluding hydrogens is 332 g/mol. The van der Waals surface area contributed by atoms with Crippen molar-refractivity contribution in [1.82, 2.24) is 4.90 Å². The van der Waals surface area contributed by atoms with Crippen LogP contribution in [0.5, 0.6) is 0 Å². The van der Waals surface area contributed by atoms with Gasteiger partial charge in [0.1, 0.15) is 0 Å². The maximum Gasteiger partial charge on any atom is 0.271 e. The van der Waals surface area contributed by atoms with Gasteiger partial charge in [-0.15, -0.1) is 0 Å². The van der Waals surface area contributed by atoms with E-state index in [1.807, 2.05) is 30.0 Å². The minimum Gasteiger partial charge on any atom is -0.376 e. The number of hydrogen-bond donors (Lipinski definition) is 1. The number of aryl methyl sites for hydroxylation is 1. The topological polar surface area (TPSA) is 78.7 Å². The lowest BCUT2D eigenvalue weighted by molar-refractivity contribution is -0.384. The van der Waals surface area contributed by atoms with Gasteiger partial charge in [-0.05, 0) is 24.6 Å². The number of amides is 1. The van der Waals surface area contributed by atoms with Crippen LogP contribution in [0.2, 0.25) is 0 Å². The van der Waals surface area contributed by atoms with E-state index in [0.717, 1.165) is 18.7 Å². The molecule has 1 heterocycles. The summed E-state index contributed by atoms with van der Waals surface area (Å²) in [5.74, 6) is 0.00335. The van der Waals surface area contributed by atoms with Crippen molar-refractivity contribution in [3.8, 4) is 0 Å². The SMILES string of the molecule is Cc1ccc([N+](=O)[O-])cc1NCC(=O)N1CCN(c2ccccc2)CC1. The van der Waals surface area contributed by atoms with Gasteiger partial charge >= 0.3 is 0 Å². The number of nitrogens with one attached hydrogen (secondary N) is 1. The number of nitrogens with zero attached hydrogens (tertiary/aromatic N) is 3. The molecule has 0 atom stereocenters. The molecule has 0 bridgehead atoms. The fraction of sp³-hybridized carbons (Fsp3) is 0.316. The number of para-hydroxylation sites is 1. The predicted molar refractivity (Wildman–Crippen MR) is 102 cm³/mol. The van der Waals surface area contributed by atoms with Crippen molar-refractivity contribution in [2.75, 3.05) is 42.9 Å². The molecule has 1 aliphatic rings. The molecule has 26 heavy (non-hydrogen) atoms. The highest BCUT2D eigenvalue weighted by molar-refractivity contribution is 5.81. The molecule has 0 aromatic heterocycles. The van der Waals surface area contributed by atoms with Crippen LogP contribution in [0, 0.1) is 17.0 Å². The summed E-state index contributed by atoms with van der Waals surface area (Å²) in [5.41, 5.74) is 2.68. The van der Waals surface area contributed by atoms with E-state index in [2.05, 4.69) is 22.3 Å². The van der Waals surface area contributed by atoms with Crippen molar-refractivity contribution in [3.63, 3.8) is 0 Å². The molecule has 7 heteroatoms. The average Bonchev–Trinajstić information content (AvgIpc) is 2.67. The molecule has 1 fully saturated rings. The normalized spacial score (nSPS) is 14.2. The van der Waals surface area contributed by atoms with Crippen LogP contribution in [0.4, 0.5) is 17.1 Å². The van der Waals surface area contributed by atoms with E-state index < -0.39 is 4.92 Å². The fourth-order valence-corrected chi connectivity index (χ4v) is 3.05. The third kappa shape index (κ3) is 4.11. The standard InChI is InChI=1S/C19H22N4O3/c1-15-7-8-17(23(25)26)13-18(15)20-14-19(24)22-11-9-21(10-12-22)16-5-3-2-4-6-16/h2-8,13,20H,9-12,14H2,1H3. The van der Waals surface area contributed by atoms with Gasteiger partial charge in [0, 0.05) is 49.7 Å². The van der Waals surface area contributed by atoms with Gasteiger partial charge in [-0.1, -0.05) is 24.3 Å². The molecule has 2 aromatic rings. The Morgan fingerprint density at radius 2 is 1.81 bits per heavy atom. The molecule has 0 aliphatic carbocycles. The number of carbonyl (C=O) groups excluding carboxylic acids is 1. The molecule has 7 nitrogen and oxygen atoms in total. The van der Waals surface area contributed by atoms with Crippen molar-refractivity contribution in [3.05, 3.63) is 64.2 Å². The van der Waals surface area contributed by atoms with Gasteiger partial charge in [-0.3, -0.25) is 14.9 Å². The van der Waals surface area contributed by atoms with Crippen LogP contribution in [0.25, 0.3) is 0 Å². The Hall–Kier alpha value is -3.09. The third-order valence-electron chi connectivity index (χ3n) is 4.62. The van der Waals surface area contributed by atoms with Gasteiger partial charge in [0.05, 0.1) is 11.5 Å². The Labute approximate surface area is 152 Å². The van der Waals surface area contributed by atoms with Crippen LogP contribution in [0.3, 0.4) is 0 Å². The minimum absolute atomic E-state index is 0.00335. The summed E-state index contributed by atoms with van der Waals surface area (Å²) in [6, 6.07) is 14.8. The number of benzene rings is 2. The zero-order valence-corrected chi connectivity index (χ0v) is 14.7. The molecule has 0 radical (unpaired) electrons. The Morgan fingerprint density at radius 3 is 2.46 bits per heavy atom. The Morgan fingerprint density at radius 1 is 1.12 bits per heavy atom. The van der Waals surface area contributed by atoms with Crippen LogP contribution in [0.15, 0.2) is 48.5 Å². The quantitative estimate of drug-likeness (QED) is 0.660. The molecule has 1 N–H and O–H groups in total. The number of anilines is 2. The average molecular weight is 354 g/mol. The van der Waals surface area contributed by atoms with Crippen LogP contribution in [-0.4, -0.2) is 48.5 Å². The molecule has 0 saturated carbocycles. The number of rotatable bonds is 5. The van der Waals surface area contributed by atoms with Crippen molar-refractivity contribution in [2.24, 2.45) is 0 Å². The first-order valence-corrected chi connectivity index (χ1v) is 8.61. The van der Waals surface area contributed by atoms with Crippen LogP contribution >= 0.6 is 0 Å². The summed E-state index contributed by atoms with van der Waals surface area (Å²) in [6.45, 7) is 4.92. The first-order valence-electron chi connectivity index (χ1n) is 8.61. The molecule has 3 rings (SSSR count). The number of piperazine rings is 1. The largest absolute Gasteiger partial charge is 0.376 e. The maximum absolute atomic E-state index is 12.5. The molecular formula is C19H22N4O3. The third-order valence-corrected chi connectivity index (χ3v) is 4.62. The van der Waals surface area contributed by atoms with Gasteiger partial charge < -0.3 is 15.1 Å². The second-order valence-electron chi connectivity index (χ2n) is 6.31. The molecule has 0 spiro atoms. The van der Waals surface area contributed by atoms with E-state index in [-0.39, 0.29) is 18.1 Å². The fourth-order valence-electron chi connectivity index (χ4n) is 3.05. The molecule has 1 saturated heterocycles. The highest BCUT2D eigenvalue weighted by Crippen LogP contribution is 2.22. The van der Waals surface area contributed by atoms with Gasteiger partial charge in [-0.25, -0.2) is 0 Å². The highest BCUT2D eigenvalue weighted by Gasteiger charge is 2.21. The van der Waals surface area contributed by atoms with E-state index in [1.165, 1.54) is 17.8 Å². The number of carbonyl (C=O) groups is 1. The minimum atomic E-state index is -0.435. The van der Waals surface area contributed by atoms with E-state index in [9.17, 15) is 14.9 Å². The molecule has 1 amide bonds. The van der Waals surface area contributed by atoms with E-state index in [1.54, 1.807) is 6.07 Å². The number of hydrogen-bond acceptors (Lipinski definition) is 5. The second-order valence-corrected chi connectivity index (χ2v) is 6.31. The van der Waals surface area contributed by atoms with Gasteiger partial charge in [0.15, 0.2) is 0 Å². The zero-order valence-electron chi connectivity index (χ0n) is 14.7. The van der Waals surface area contributed by atoms with Crippen molar-refractivity contribution >= 4 is 23.0 Å². The summed E-state index contributed by atoms with van der Waals surface area (Å²) >= 11 is 0. The first-order chi connectivity index (χ1) is 12.5. The Balaban J connectivity index is 1.54. The lowest BCUT2D eigenvalue weighted by Gasteiger charge is -2.36. The van der Waals surface area contributed by atoms with Crippen molar-refractivity contribution in [1.29, 1.82) is 0 Å². The second kappa shape index (κ2) is 7.86. The maximum atomic E-state index is 12.5. The summed E-state index contributed by atoms with van der Waals surface area (Å²) in [6.07, 6.45) is 0. The summed E-state index contributed by atoms with van der Waals surface area (Å²) in [7, 11) is 0. The van der Waals surface area contributed by atoms with Crippen LogP contribution in [-0.2, 0) is 4.79 Å². The summed E-state index contributed by atoms with van der Waals surface area (Å²) < 4.78 is 0.